The summed E-state index contributed by atoms with van der Waals surface area (Å²) < 4.78 is 1.01. The maximum absolute atomic E-state index is 4.24. The smallest absolute Gasteiger partial charge is 0.144 e. The van der Waals surface area contributed by atoms with Gasteiger partial charge in [-0.1, -0.05) is 20.3 Å². The average Bonchev–Trinajstić information content (AvgIpc) is 2.20. The summed E-state index contributed by atoms with van der Waals surface area (Å²) in [4.78, 5) is 8.43. The van der Waals surface area contributed by atoms with Crippen molar-refractivity contribution in [3.63, 3.8) is 0 Å². The standard InChI is InChI=1S/C10H16BrN3/c1-3-5-8-9(11)10(12-6-4-2)14-7-13-8/h7H,3-6H2,1-2H3,(H,12,13,14). The summed E-state index contributed by atoms with van der Waals surface area (Å²) in [5.74, 6) is 0.908. The van der Waals surface area contributed by atoms with E-state index in [4.69, 9.17) is 0 Å². The minimum absolute atomic E-state index is 0.908. The molecule has 1 rings (SSSR count). The van der Waals surface area contributed by atoms with Crippen molar-refractivity contribution in [2.24, 2.45) is 0 Å². The summed E-state index contributed by atoms with van der Waals surface area (Å²) in [5, 5.41) is 3.26. The van der Waals surface area contributed by atoms with Crippen molar-refractivity contribution in [2.75, 3.05) is 11.9 Å². The number of halogens is 1. The molecular weight excluding hydrogens is 242 g/mol. The van der Waals surface area contributed by atoms with Crippen LogP contribution >= 0.6 is 15.9 Å². The van der Waals surface area contributed by atoms with Crippen molar-refractivity contribution in [3.8, 4) is 0 Å². The van der Waals surface area contributed by atoms with Gasteiger partial charge in [-0.3, -0.25) is 0 Å². The van der Waals surface area contributed by atoms with Crippen LogP contribution in [0.1, 0.15) is 32.4 Å². The predicted molar refractivity (Wildman–Crippen MR) is 62.5 cm³/mol. The van der Waals surface area contributed by atoms with Crippen LogP contribution in [0.25, 0.3) is 0 Å². The Bertz CT molecular complexity index is 289. The molecule has 0 atom stereocenters. The van der Waals surface area contributed by atoms with Crippen molar-refractivity contribution >= 4 is 21.7 Å². The normalized spacial score (nSPS) is 10.2. The van der Waals surface area contributed by atoms with Crippen molar-refractivity contribution in [2.45, 2.75) is 33.1 Å². The second kappa shape index (κ2) is 5.96. The molecule has 0 fully saturated rings. The molecule has 1 aromatic rings. The van der Waals surface area contributed by atoms with E-state index in [1.807, 2.05) is 0 Å². The molecule has 1 heterocycles. The number of aromatic nitrogens is 2. The van der Waals surface area contributed by atoms with Gasteiger partial charge in [-0.05, 0) is 28.8 Å². The van der Waals surface area contributed by atoms with E-state index in [9.17, 15) is 0 Å². The summed E-state index contributed by atoms with van der Waals surface area (Å²) in [7, 11) is 0. The molecule has 1 N–H and O–H groups in total. The molecular formula is C10H16BrN3. The van der Waals surface area contributed by atoms with Crippen molar-refractivity contribution in [1.82, 2.24) is 9.97 Å². The molecule has 0 unspecified atom stereocenters. The minimum atomic E-state index is 0.908. The van der Waals surface area contributed by atoms with Gasteiger partial charge in [0.25, 0.3) is 0 Å². The highest BCUT2D eigenvalue weighted by atomic mass is 79.9. The zero-order valence-electron chi connectivity index (χ0n) is 8.68. The fourth-order valence-electron chi connectivity index (χ4n) is 1.18. The molecule has 0 aliphatic heterocycles. The highest BCUT2D eigenvalue weighted by Gasteiger charge is 2.06. The average molecular weight is 258 g/mol. The molecule has 0 amide bonds. The monoisotopic (exact) mass is 257 g/mol. The van der Waals surface area contributed by atoms with Gasteiger partial charge in [-0.2, -0.15) is 0 Å². The van der Waals surface area contributed by atoms with E-state index in [1.54, 1.807) is 6.33 Å². The third kappa shape index (κ3) is 2.94. The van der Waals surface area contributed by atoms with E-state index in [0.29, 0.717) is 0 Å². The third-order valence-electron chi connectivity index (χ3n) is 1.89. The molecule has 0 radical (unpaired) electrons. The molecule has 78 valence electrons. The summed E-state index contributed by atoms with van der Waals surface area (Å²) in [6.07, 6.45) is 4.81. The minimum Gasteiger partial charge on any atom is -0.369 e. The Morgan fingerprint density at radius 2 is 2.07 bits per heavy atom. The van der Waals surface area contributed by atoms with Gasteiger partial charge < -0.3 is 5.32 Å². The van der Waals surface area contributed by atoms with E-state index >= 15 is 0 Å². The zero-order chi connectivity index (χ0) is 10.4. The Balaban J connectivity index is 2.78. The van der Waals surface area contributed by atoms with Crippen LogP contribution in [0.2, 0.25) is 0 Å². The van der Waals surface area contributed by atoms with Gasteiger partial charge in [0.1, 0.15) is 12.1 Å². The van der Waals surface area contributed by atoms with Crippen LogP contribution in [0.3, 0.4) is 0 Å². The van der Waals surface area contributed by atoms with Crippen LogP contribution in [0.15, 0.2) is 10.8 Å². The van der Waals surface area contributed by atoms with Gasteiger partial charge in [0.15, 0.2) is 0 Å². The van der Waals surface area contributed by atoms with Crippen LogP contribution in [0.4, 0.5) is 5.82 Å². The summed E-state index contributed by atoms with van der Waals surface area (Å²) >= 11 is 3.52. The quantitative estimate of drug-likeness (QED) is 0.882. The van der Waals surface area contributed by atoms with Crippen LogP contribution in [-0.4, -0.2) is 16.5 Å². The van der Waals surface area contributed by atoms with Gasteiger partial charge in [0, 0.05) is 6.54 Å². The Morgan fingerprint density at radius 1 is 1.29 bits per heavy atom. The lowest BCUT2D eigenvalue weighted by molar-refractivity contribution is 0.861. The molecule has 14 heavy (non-hydrogen) atoms. The number of hydrogen-bond donors (Lipinski definition) is 1. The van der Waals surface area contributed by atoms with E-state index in [-0.39, 0.29) is 0 Å². The van der Waals surface area contributed by atoms with E-state index in [1.165, 1.54) is 0 Å². The molecule has 0 aliphatic rings. The number of hydrogen-bond acceptors (Lipinski definition) is 3. The molecule has 4 heteroatoms. The Hall–Kier alpha value is -0.640. The molecule has 1 aromatic heterocycles. The first-order valence-electron chi connectivity index (χ1n) is 5.02. The molecule has 0 saturated carbocycles. The van der Waals surface area contributed by atoms with Crippen molar-refractivity contribution in [3.05, 3.63) is 16.5 Å². The first kappa shape index (κ1) is 11.4. The Kier molecular flexibility index (Phi) is 4.87. The van der Waals surface area contributed by atoms with Crippen LogP contribution in [0, 0.1) is 0 Å². The third-order valence-corrected chi connectivity index (χ3v) is 2.72. The second-order valence-electron chi connectivity index (χ2n) is 3.16. The van der Waals surface area contributed by atoms with Crippen molar-refractivity contribution < 1.29 is 0 Å². The molecule has 0 spiro atoms. The number of nitrogens with zero attached hydrogens (tertiary/aromatic N) is 2. The second-order valence-corrected chi connectivity index (χ2v) is 3.95. The highest BCUT2D eigenvalue weighted by Crippen LogP contribution is 2.23. The predicted octanol–water partition coefficient (Wildman–Crippen LogP) is 3.01. The lowest BCUT2D eigenvalue weighted by Crippen LogP contribution is -2.05. The van der Waals surface area contributed by atoms with Gasteiger partial charge in [-0.25, -0.2) is 9.97 Å². The topological polar surface area (TPSA) is 37.8 Å². The lowest BCUT2D eigenvalue weighted by atomic mass is 10.2. The fourth-order valence-corrected chi connectivity index (χ4v) is 1.73. The summed E-state index contributed by atoms with van der Waals surface area (Å²) in [5.41, 5.74) is 1.08. The maximum atomic E-state index is 4.24. The van der Waals surface area contributed by atoms with Crippen LogP contribution < -0.4 is 5.32 Å². The van der Waals surface area contributed by atoms with E-state index in [2.05, 4.69) is 45.1 Å². The molecule has 0 saturated heterocycles. The first-order chi connectivity index (χ1) is 6.79. The molecule has 0 aromatic carbocycles. The fraction of sp³-hybridized carbons (Fsp3) is 0.600. The molecule has 0 bridgehead atoms. The lowest BCUT2D eigenvalue weighted by Gasteiger charge is -2.08. The zero-order valence-corrected chi connectivity index (χ0v) is 10.3. The maximum Gasteiger partial charge on any atom is 0.144 e. The number of nitrogens with one attached hydrogen (secondary N) is 1. The first-order valence-corrected chi connectivity index (χ1v) is 5.82. The number of aryl methyl sites for hydroxylation is 1. The van der Waals surface area contributed by atoms with Gasteiger partial charge >= 0.3 is 0 Å². The molecule has 0 aliphatic carbocycles. The Morgan fingerprint density at radius 3 is 2.71 bits per heavy atom. The van der Waals surface area contributed by atoms with Crippen LogP contribution in [-0.2, 0) is 6.42 Å². The van der Waals surface area contributed by atoms with E-state index in [0.717, 1.165) is 41.8 Å². The number of anilines is 1. The van der Waals surface area contributed by atoms with Gasteiger partial charge in [0.2, 0.25) is 0 Å². The molecule has 3 nitrogen and oxygen atoms in total. The van der Waals surface area contributed by atoms with Gasteiger partial charge in [-0.15, -0.1) is 0 Å². The summed E-state index contributed by atoms with van der Waals surface area (Å²) in [6, 6.07) is 0. The highest BCUT2D eigenvalue weighted by molar-refractivity contribution is 9.10. The summed E-state index contributed by atoms with van der Waals surface area (Å²) in [6.45, 7) is 5.23. The SMILES string of the molecule is CCCNc1ncnc(CCC)c1Br. The van der Waals surface area contributed by atoms with Gasteiger partial charge in [0.05, 0.1) is 10.2 Å². The Labute approximate surface area is 93.5 Å². The van der Waals surface area contributed by atoms with Crippen molar-refractivity contribution in [1.29, 1.82) is 0 Å². The number of rotatable bonds is 5. The van der Waals surface area contributed by atoms with Crippen LogP contribution in [0.5, 0.6) is 0 Å². The van der Waals surface area contributed by atoms with E-state index < -0.39 is 0 Å². The largest absolute Gasteiger partial charge is 0.369 e.